The fourth-order valence-corrected chi connectivity index (χ4v) is 4.54. The van der Waals surface area contributed by atoms with Gasteiger partial charge in [-0.25, -0.2) is 14.2 Å². The van der Waals surface area contributed by atoms with Crippen molar-refractivity contribution in [1.29, 1.82) is 0 Å². The van der Waals surface area contributed by atoms with E-state index < -0.39 is 41.8 Å². The Kier molecular flexibility index (Phi) is 6.38. The van der Waals surface area contributed by atoms with Crippen LogP contribution in [0.25, 0.3) is 0 Å². The first-order chi connectivity index (χ1) is 17.3. The van der Waals surface area contributed by atoms with Crippen molar-refractivity contribution in [2.45, 2.75) is 49.9 Å². The lowest BCUT2D eigenvalue weighted by Gasteiger charge is -2.26. The maximum absolute atomic E-state index is 14.7. The van der Waals surface area contributed by atoms with E-state index in [0.29, 0.717) is 16.8 Å². The van der Waals surface area contributed by atoms with Crippen molar-refractivity contribution >= 4 is 11.8 Å². The zero-order valence-electron chi connectivity index (χ0n) is 19.6. The second-order valence-electron chi connectivity index (χ2n) is 9.20. The Labute approximate surface area is 205 Å². The number of pyridine rings is 1. The largest absolute Gasteiger partial charge is 0.436 e. The van der Waals surface area contributed by atoms with Gasteiger partial charge in [-0.2, -0.15) is 9.07 Å². The number of aromatic nitrogens is 3. The third-order valence-corrected chi connectivity index (χ3v) is 6.54. The number of amides is 2. The number of rotatable bonds is 7. The van der Waals surface area contributed by atoms with Gasteiger partial charge in [0.1, 0.15) is 18.6 Å². The fourth-order valence-electron chi connectivity index (χ4n) is 4.54. The van der Waals surface area contributed by atoms with E-state index in [2.05, 4.69) is 15.4 Å². The highest BCUT2D eigenvalue weighted by Crippen LogP contribution is 2.41. The number of likely N-dealkylation sites (tertiary alicyclic amines) is 1. The molecule has 1 aliphatic carbocycles. The van der Waals surface area contributed by atoms with Crippen LogP contribution in [0.15, 0.2) is 51.7 Å². The molecule has 0 unspecified atom stereocenters. The van der Waals surface area contributed by atoms with Crippen LogP contribution in [-0.2, 0) is 23.1 Å². The summed E-state index contributed by atoms with van der Waals surface area (Å²) >= 11 is 0. The van der Waals surface area contributed by atoms with Crippen molar-refractivity contribution in [2.75, 3.05) is 6.54 Å². The first-order valence-corrected chi connectivity index (χ1v) is 11.8. The summed E-state index contributed by atoms with van der Waals surface area (Å²) in [5.74, 6) is -2.41. The minimum atomic E-state index is -1.40. The number of benzene rings is 1. The molecule has 36 heavy (non-hydrogen) atoms. The maximum atomic E-state index is 14.7. The third kappa shape index (κ3) is 4.91. The highest BCUT2D eigenvalue weighted by Gasteiger charge is 2.41. The van der Waals surface area contributed by atoms with Crippen LogP contribution in [0.4, 0.5) is 8.78 Å². The number of nitrogens with one attached hydrogen (secondary N) is 1. The summed E-state index contributed by atoms with van der Waals surface area (Å²) in [5.41, 5.74) is 1.53. The molecule has 3 heterocycles. The van der Waals surface area contributed by atoms with Crippen molar-refractivity contribution in [1.82, 2.24) is 25.0 Å². The van der Waals surface area contributed by atoms with E-state index in [1.54, 1.807) is 36.4 Å². The summed E-state index contributed by atoms with van der Waals surface area (Å²) in [6.07, 6.45) is -0.120. The predicted molar refractivity (Wildman–Crippen MR) is 123 cm³/mol. The molecular weight excluding hydrogens is 472 g/mol. The lowest BCUT2D eigenvalue weighted by molar-refractivity contribution is -0.138. The molecule has 0 spiro atoms. The van der Waals surface area contributed by atoms with Gasteiger partial charge >= 0.3 is 5.76 Å². The zero-order valence-corrected chi connectivity index (χ0v) is 19.6. The van der Waals surface area contributed by atoms with E-state index >= 15 is 0 Å². The van der Waals surface area contributed by atoms with Crippen LogP contribution in [0.3, 0.4) is 0 Å². The van der Waals surface area contributed by atoms with Crippen molar-refractivity contribution in [3.8, 4) is 0 Å². The Morgan fingerprint density at radius 2 is 1.94 bits per heavy atom. The molecule has 5 rings (SSSR count). The minimum Gasteiger partial charge on any atom is -0.392 e. The summed E-state index contributed by atoms with van der Waals surface area (Å²) in [6.45, 7) is -0.271. The van der Waals surface area contributed by atoms with Crippen molar-refractivity contribution < 1.29 is 22.8 Å². The van der Waals surface area contributed by atoms with Gasteiger partial charge in [0.15, 0.2) is 0 Å². The molecule has 3 atom stereocenters. The van der Waals surface area contributed by atoms with Crippen LogP contribution in [0.1, 0.15) is 53.9 Å². The van der Waals surface area contributed by atoms with Gasteiger partial charge in [0.25, 0.3) is 0 Å². The van der Waals surface area contributed by atoms with Crippen LogP contribution in [0.2, 0.25) is 0 Å². The van der Waals surface area contributed by atoms with Gasteiger partial charge in [-0.15, -0.1) is 5.10 Å². The van der Waals surface area contributed by atoms with Crippen LogP contribution >= 0.6 is 0 Å². The first kappa shape index (κ1) is 23.8. The van der Waals surface area contributed by atoms with E-state index in [9.17, 15) is 23.2 Å². The van der Waals surface area contributed by atoms with Crippen molar-refractivity contribution in [2.24, 2.45) is 7.05 Å². The average Bonchev–Trinajstić information content (AvgIpc) is 3.54. The number of alkyl halides is 1. The molecule has 0 bridgehead atoms. The second kappa shape index (κ2) is 9.63. The van der Waals surface area contributed by atoms with E-state index in [1.165, 1.54) is 7.05 Å². The normalized spacial score (nSPS) is 20.4. The standard InChI is InChI=1S/C25H25F2N5O4/c1-31-25(35)36-20(30-31)12-21(33)32-13-16(26)11-19(32)24(34)29-22(15-5-3-2-4-6-15)18-10-9-17(14-7-8-14)23(27)28-18/h2-6,9-10,14,16,19,22H,7-8,11-13H2,1H3,(H,29,34)/t16-,19+,22+/m1/s1. The molecule has 2 amide bonds. The monoisotopic (exact) mass is 497 g/mol. The molecule has 0 radical (unpaired) electrons. The van der Waals surface area contributed by atoms with Crippen molar-refractivity contribution in [3.63, 3.8) is 0 Å². The Balaban J connectivity index is 1.38. The number of aryl methyl sites for hydroxylation is 1. The van der Waals surface area contributed by atoms with Crippen LogP contribution in [0.5, 0.6) is 0 Å². The molecule has 1 N–H and O–H groups in total. The second-order valence-corrected chi connectivity index (χ2v) is 9.20. The smallest absolute Gasteiger partial charge is 0.392 e. The molecule has 2 fully saturated rings. The minimum absolute atomic E-state index is 0.119. The topological polar surface area (TPSA) is 110 Å². The average molecular weight is 498 g/mol. The number of carbonyl (C=O) groups is 2. The quantitative estimate of drug-likeness (QED) is 0.501. The van der Waals surface area contributed by atoms with Crippen LogP contribution < -0.4 is 11.1 Å². The number of halogens is 2. The highest BCUT2D eigenvalue weighted by molar-refractivity contribution is 5.89. The molecule has 2 aromatic heterocycles. The Bertz CT molecular complexity index is 1340. The Morgan fingerprint density at radius 1 is 1.19 bits per heavy atom. The third-order valence-electron chi connectivity index (χ3n) is 6.54. The molecule has 1 saturated heterocycles. The highest BCUT2D eigenvalue weighted by atomic mass is 19.1. The lowest BCUT2D eigenvalue weighted by atomic mass is 10.0. The van der Waals surface area contributed by atoms with E-state index in [1.807, 2.05) is 6.07 Å². The number of hydrogen-bond donors (Lipinski definition) is 1. The van der Waals surface area contributed by atoms with Gasteiger partial charge in [-0.05, 0) is 30.4 Å². The Hall–Kier alpha value is -3.89. The van der Waals surface area contributed by atoms with Crippen molar-refractivity contribution in [3.05, 3.63) is 81.7 Å². The van der Waals surface area contributed by atoms with E-state index in [-0.39, 0.29) is 31.2 Å². The number of hydrogen-bond acceptors (Lipinski definition) is 6. The number of carbonyl (C=O) groups excluding carboxylic acids is 2. The molecule has 11 heteroatoms. The number of nitrogens with zero attached hydrogens (tertiary/aromatic N) is 4. The predicted octanol–water partition coefficient (Wildman–Crippen LogP) is 2.17. The van der Waals surface area contributed by atoms with Gasteiger partial charge in [-0.3, -0.25) is 9.59 Å². The molecular formula is C25H25F2N5O4. The summed E-state index contributed by atoms with van der Waals surface area (Å²) < 4.78 is 35.0. The summed E-state index contributed by atoms with van der Waals surface area (Å²) in [5, 5.41) is 6.67. The zero-order chi connectivity index (χ0) is 25.4. The van der Waals surface area contributed by atoms with Gasteiger partial charge in [0, 0.05) is 19.0 Å². The molecule has 188 valence electrons. The lowest BCUT2D eigenvalue weighted by Crippen LogP contribution is -2.47. The SMILES string of the molecule is Cn1nc(CC(=O)N2C[C@H](F)C[C@H]2C(=O)N[C@@H](c2ccccc2)c2ccc(C3CC3)c(F)n2)oc1=O. The summed E-state index contributed by atoms with van der Waals surface area (Å²) in [4.78, 5) is 43.0. The van der Waals surface area contributed by atoms with Gasteiger partial charge < -0.3 is 14.6 Å². The van der Waals surface area contributed by atoms with Gasteiger partial charge in [0.05, 0.1) is 18.3 Å². The molecule has 9 nitrogen and oxygen atoms in total. The van der Waals surface area contributed by atoms with E-state index in [0.717, 1.165) is 22.4 Å². The molecule has 1 saturated carbocycles. The molecule has 1 aliphatic heterocycles. The summed E-state index contributed by atoms with van der Waals surface area (Å²) in [7, 11) is 1.38. The maximum Gasteiger partial charge on any atom is 0.436 e. The first-order valence-electron chi connectivity index (χ1n) is 11.8. The molecule has 3 aromatic rings. The van der Waals surface area contributed by atoms with Gasteiger partial charge in [0.2, 0.25) is 23.7 Å². The Morgan fingerprint density at radius 3 is 2.58 bits per heavy atom. The fraction of sp³-hybridized carbons (Fsp3) is 0.400. The van der Waals surface area contributed by atoms with Crippen LogP contribution in [0, 0.1) is 5.95 Å². The van der Waals surface area contributed by atoms with Crippen LogP contribution in [-0.4, -0.2) is 50.2 Å². The van der Waals surface area contributed by atoms with Gasteiger partial charge in [-0.1, -0.05) is 36.4 Å². The summed E-state index contributed by atoms with van der Waals surface area (Å²) in [6, 6.07) is 10.4. The molecule has 2 aliphatic rings. The van der Waals surface area contributed by atoms with E-state index in [4.69, 9.17) is 4.42 Å². The molecule has 1 aromatic carbocycles.